The Labute approximate surface area is 202 Å². The molecule has 0 fully saturated rings. The second-order valence-corrected chi connectivity index (χ2v) is 10.4. The minimum Gasteiger partial charge on any atom is -0.325 e. The lowest BCUT2D eigenvalue weighted by atomic mass is 10.1. The molecule has 0 saturated heterocycles. The third-order valence-electron chi connectivity index (χ3n) is 5.55. The van der Waals surface area contributed by atoms with Crippen LogP contribution in [0, 0.1) is 20.8 Å². The van der Waals surface area contributed by atoms with E-state index in [-0.39, 0.29) is 28.4 Å². The molecule has 0 saturated carbocycles. The number of rotatable bonds is 5. The summed E-state index contributed by atoms with van der Waals surface area (Å²) < 4.78 is 28.0. The maximum absolute atomic E-state index is 13.3. The minimum atomic E-state index is -4.17. The summed E-state index contributed by atoms with van der Waals surface area (Å²) in [6.07, 6.45) is 1.18. The van der Waals surface area contributed by atoms with Gasteiger partial charge in [-0.2, -0.15) is 0 Å². The number of carbonyl (C=O) groups excluding carboxylic acids is 1. The number of nitrogens with zero attached hydrogens (tertiary/aromatic N) is 2. The van der Waals surface area contributed by atoms with Crippen molar-refractivity contribution in [3.05, 3.63) is 92.9 Å². The molecule has 0 spiro atoms. The Kier molecular flexibility index (Phi) is 6.29. The van der Waals surface area contributed by atoms with E-state index in [4.69, 9.17) is 11.6 Å². The largest absolute Gasteiger partial charge is 0.325 e. The van der Waals surface area contributed by atoms with E-state index in [2.05, 4.69) is 10.3 Å². The van der Waals surface area contributed by atoms with Crippen molar-refractivity contribution in [2.45, 2.75) is 37.1 Å². The summed E-state index contributed by atoms with van der Waals surface area (Å²) in [6, 6.07) is 14.3. The number of carbonyl (C=O) groups is 1. The molecule has 2 aromatic heterocycles. The van der Waals surface area contributed by atoms with Gasteiger partial charge in [-0.3, -0.25) is 9.59 Å². The van der Waals surface area contributed by atoms with Crippen molar-refractivity contribution in [2.24, 2.45) is 0 Å². The van der Waals surface area contributed by atoms with Crippen LogP contribution in [0.1, 0.15) is 16.8 Å². The molecule has 1 N–H and O–H groups in total. The Hall–Kier alpha value is -3.49. The summed E-state index contributed by atoms with van der Waals surface area (Å²) in [5.74, 6) is -0.383. The molecule has 0 atom stereocenters. The van der Waals surface area contributed by atoms with Gasteiger partial charge >= 0.3 is 0 Å². The van der Waals surface area contributed by atoms with Gasteiger partial charge in [-0.25, -0.2) is 13.4 Å². The van der Waals surface area contributed by atoms with Crippen LogP contribution in [0.2, 0.25) is 5.02 Å². The van der Waals surface area contributed by atoms with Gasteiger partial charge in [-0.05, 0) is 80.4 Å². The van der Waals surface area contributed by atoms with Gasteiger partial charge in [0.05, 0.1) is 10.3 Å². The van der Waals surface area contributed by atoms with Crippen molar-refractivity contribution in [3.8, 4) is 0 Å². The van der Waals surface area contributed by atoms with Gasteiger partial charge in [0.25, 0.3) is 0 Å². The highest BCUT2D eigenvalue weighted by Crippen LogP contribution is 2.23. The molecule has 0 bridgehead atoms. The molecule has 34 heavy (non-hydrogen) atoms. The quantitative estimate of drug-likeness (QED) is 0.441. The number of nitrogens with one attached hydrogen (secondary N) is 1. The molecule has 0 aliphatic carbocycles. The number of benzene rings is 2. The van der Waals surface area contributed by atoms with Crippen molar-refractivity contribution in [3.63, 3.8) is 0 Å². The fraction of sp³-hybridized carbons (Fsp3) is 0.160. The van der Waals surface area contributed by atoms with Crippen molar-refractivity contribution < 1.29 is 13.2 Å². The van der Waals surface area contributed by atoms with Gasteiger partial charge in [0.15, 0.2) is 0 Å². The molecule has 0 aliphatic rings. The van der Waals surface area contributed by atoms with E-state index in [9.17, 15) is 18.0 Å². The number of hydrogen-bond donors (Lipinski definition) is 1. The van der Waals surface area contributed by atoms with E-state index in [1.165, 1.54) is 41.1 Å². The number of hydrogen-bond acceptors (Lipinski definition) is 5. The zero-order valence-electron chi connectivity index (χ0n) is 18.8. The zero-order chi connectivity index (χ0) is 24.6. The highest BCUT2D eigenvalue weighted by molar-refractivity contribution is 7.91. The van der Waals surface area contributed by atoms with Gasteiger partial charge in [0.1, 0.15) is 17.1 Å². The van der Waals surface area contributed by atoms with Crippen LogP contribution >= 0.6 is 11.6 Å². The average Bonchev–Trinajstić information content (AvgIpc) is 2.78. The number of halogens is 1. The maximum Gasteiger partial charge on any atom is 0.244 e. The number of amides is 1. The predicted molar refractivity (Wildman–Crippen MR) is 132 cm³/mol. The molecular weight excluding hydrogens is 474 g/mol. The van der Waals surface area contributed by atoms with Gasteiger partial charge in [0.2, 0.25) is 21.2 Å². The number of aromatic nitrogens is 2. The van der Waals surface area contributed by atoms with E-state index in [0.29, 0.717) is 16.4 Å². The van der Waals surface area contributed by atoms with Crippen LogP contribution in [-0.4, -0.2) is 23.9 Å². The first-order valence-corrected chi connectivity index (χ1v) is 12.3. The first kappa shape index (κ1) is 23.7. The molecular formula is C25H22ClN3O4S. The van der Waals surface area contributed by atoms with Crippen LogP contribution in [0.5, 0.6) is 0 Å². The highest BCUT2D eigenvalue weighted by atomic mass is 35.5. The van der Waals surface area contributed by atoms with Crippen LogP contribution in [-0.2, 0) is 21.2 Å². The Bertz CT molecular complexity index is 1590. The number of fused-ring (bicyclic) bond motifs is 1. The molecule has 4 aromatic rings. The molecule has 0 unspecified atom stereocenters. The van der Waals surface area contributed by atoms with Gasteiger partial charge < -0.3 is 9.88 Å². The lowest BCUT2D eigenvalue weighted by Gasteiger charge is -2.14. The fourth-order valence-electron chi connectivity index (χ4n) is 3.56. The molecule has 174 valence electrons. The topological polar surface area (TPSA) is 98.1 Å². The van der Waals surface area contributed by atoms with Crippen LogP contribution in [0.3, 0.4) is 0 Å². The molecule has 2 aromatic carbocycles. The molecule has 2 heterocycles. The third-order valence-corrected chi connectivity index (χ3v) is 7.56. The molecule has 9 heteroatoms. The molecule has 4 rings (SSSR count). The van der Waals surface area contributed by atoms with Crippen LogP contribution in [0.4, 0.5) is 5.69 Å². The van der Waals surface area contributed by atoms with E-state index in [1.807, 2.05) is 26.0 Å². The summed E-state index contributed by atoms with van der Waals surface area (Å²) >= 11 is 5.89. The Morgan fingerprint density at radius 3 is 2.38 bits per heavy atom. The first-order valence-electron chi connectivity index (χ1n) is 10.4. The number of anilines is 1. The monoisotopic (exact) mass is 495 g/mol. The maximum atomic E-state index is 13.3. The summed E-state index contributed by atoms with van der Waals surface area (Å²) in [5.41, 5.74) is 2.93. The summed E-state index contributed by atoms with van der Waals surface area (Å²) in [4.78, 5) is 29.9. The summed E-state index contributed by atoms with van der Waals surface area (Å²) in [7, 11) is -4.17. The van der Waals surface area contributed by atoms with E-state index >= 15 is 0 Å². The SMILES string of the molecule is Cc1ccc2c(=O)c(S(=O)(=O)c3ccc(Cl)cc3)cn(CC(=O)Nc3ccc(C)c(C)c3)c2n1. The molecule has 7 nitrogen and oxygen atoms in total. The average molecular weight is 496 g/mol. The van der Waals surface area contributed by atoms with E-state index < -0.39 is 20.2 Å². The third kappa shape index (κ3) is 4.60. The van der Waals surface area contributed by atoms with Crippen molar-refractivity contribution in [1.29, 1.82) is 0 Å². The van der Waals surface area contributed by atoms with Gasteiger partial charge in [-0.15, -0.1) is 0 Å². The van der Waals surface area contributed by atoms with Crippen molar-refractivity contribution >= 4 is 44.1 Å². The predicted octanol–water partition coefficient (Wildman–Crippen LogP) is 4.45. The Balaban J connectivity index is 1.81. The Morgan fingerprint density at radius 1 is 1.00 bits per heavy atom. The number of aryl methyl sites for hydroxylation is 3. The number of pyridine rings is 2. The standard InChI is InChI=1S/C25H22ClN3O4S/c1-15-4-8-19(12-16(15)2)28-23(30)14-29-13-22(24(31)21-11-5-17(3)27-25(21)29)34(32,33)20-9-6-18(26)7-10-20/h4-13H,14H2,1-3H3,(H,28,30). The first-order chi connectivity index (χ1) is 16.1. The lowest BCUT2D eigenvalue weighted by molar-refractivity contribution is -0.116. The van der Waals surface area contributed by atoms with Crippen molar-refractivity contribution in [1.82, 2.24) is 9.55 Å². The lowest BCUT2D eigenvalue weighted by Crippen LogP contribution is -2.24. The number of sulfone groups is 1. The smallest absolute Gasteiger partial charge is 0.244 e. The zero-order valence-corrected chi connectivity index (χ0v) is 20.4. The molecule has 0 aliphatic heterocycles. The fourth-order valence-corrected chi connectivity index (χ4v) is 5.05. The van der Waals surface area contributed by atoms with E-state index in [1.54, 1.807) is 19.1 Å². The summed E-state index contributed by atoms with van der Waals surface area (Å²) in [6.45, 7) is 5.44. The minimum absolute atomic E-state index is 0.0699. The van der Waals surface area contributed by atoms with Crippen molar-refractivity contribution in [2.75, 3.05) is 5.32 Å². The van der Waals surface area contributed by atoms with Crippen LogP contribution in [0.25, 0.3) is 11.0 Å². The van der Waals surface area contributed by atoms with Crippen LogP contribution < -0.4 is 10.7 Å². The van der Waals surface area contributed by atoms with Gasteiger partial charge in [0, 0.05) is 22.6 Å². The second-order valence-electron chi connectivity index (χ2n) is 8.08. The Morgan fingerprint density at radius 2 is 1.71 bits per heavy atom. The van der Waals surface area contributed by atoms with Crippen LogP contribution in [0.15, 0.2) is 75.4 Å². The van der Waals surface area contributed by atoms with Gasteiger partial charge in [-0.1, -0.05) is 17.7 Å². The highest BCUT2D eigenvalue weighted by Gasteiger charge is 2.25. The molecule has 1 amide bonds. The molecule has 0 radical (unpaired) electrons. The van der Waals surface area contributed by atoms with E-state index in [0.717, 1.165) is 11.1 Å². The normalized spacial score (nSPS) is 11.5. The summed E-state index contributed by atoms with van der Waals surface area (Å²) in [5, 5.41) is 3.30. The second kappa shape index (κ2) is 9.04.